The van der Waals surface area contributed by atoms with Gasteiger partial charge in [0.2, 0.25) is 5.91 Å². The van der Waals surface area contributed by atoms with Crippen LogP contribution in [0, 0.1) is 5.82 Å². The number of nitrogens with one attached hydrogen (secondary N) is 3. The number of benzene rings is 2. The van der Waals surface area contributed by atoms with Crippen LogP contribution in [-0.2, 0) is 11.3 Å². The van der Waals surface area contributed by atoms with Crippen LogP contribution in [0.5, 0.6) is 0 Å². The summed E-state index contributed by atoms with van der Waals surface area (Å²) in [5, 5.41) is 8.58. The molecule has 0 fully saturated rings. The van der Waals surface area contributed by atoms with Crippen molar-refractivity contribution < 1.29 is 14.0 Å². The van der Waals surface area contributed by atoms with E-state index in [0.29, 0.717) is 23.8 Å². The van der Waals surface area contributed by atoms with E-state index in [1.807, 2.05) is 12.1 Å². The monoisotopic (exact) mass is 385 g/mol. The zero-order chi connectivity index (χ0) is 20.5. The predicted octanol–water partition coefficient (Wildman–Crippen LogP) is 1.83. The molecule has 148 valence electrons. The fourth-order valence-corrected chi connectivity index (χ4v) is 2.37. The lowest BCUT2D eigenvalue weighted by molar-refractivity contribution is -0.115. The highest BCUT2D eigenvalue weighted by molar-refractivity contribution is 5.95. The molecule has 0 aliphatic carbocycles. The van der Waals surface area contributed by atoms with Gasteiger partial charge in [-0.3, -0.25) is 14.6 Å². The Morgan fingerprint density at radius 2 is 1.79 bits per heavy atom. The highest BCUT2D eigenvalue weighted by Crippen LogP contribution is 2.08. The third kappa shape index (κ3) is 6.39. The van der Waals surface area contributed by atoms with Gasteiger partial charge in [0.15, 0.2) is 5.96 Å². The van der Waals surface area contributed by atoms with Gasteiger partial charge in [0.1, 0.15) is 5.82 Å². The lowest BCUT2D eigenvalue weighted by atomic mass is 10.1. The number of halogens is 1. The van der Waals surface area contributed by atoms with Gasteiger partial charge in [0.25, 0.3) is 5.91 Å². The summed E-state index contributed by atoms with van der Waals surface area (Å²) in [6.45, 7) is 0.452. The number of amides is 2. The second kappa shape index (κ2) is 10.1. The van der Waals surface area contributed by atoms with E-state index in [0.717, 1.165) is 5.56 Å². The van der Waals surface area contributed by atoms with Gasteiger partial charge in [0.05, 0.1) is 6.54 Å². The molecular weight excluding hydrogens is 361 g/mol. The molecule has 0 spiro atoms. The third-order valence-electron chi connectivity index (χ3n) is 3.82. The molecule has 3 N–H and O–H groups in total. The van der Waals surface area contributed by atoms with Gasteiger partial charge < -0.3 is 20.9 Å². The molecule has 0 aromatic heterocycles. The van der Waals surface area contributed by atoms with Crippen molar-refractivity contribution in [1.82, 2.24) is 15.5 Å². The maximum Gasteiger partial charge on any atom is 0.253 e. The molecule has 2 amide bonds. The Bertz CT molecular complexity index is 850. The van der Waals surface area contributed by atoms with E-state index in [2.05, 4.69) is 20.9 Å². The summed E-state index contributed by atoms with van der Waals surface area (Å²) in [4.78, 5) is 29.4. The minimum Gasteiger partial charge on any atom is -0.352 e. The van der Waals surface area contributed by atoms with Gasteiger partial charge in [-0.2, -0.15) is 0 Å². The Morgan fingerprint density at radius 3 is 2.39 bits per heavy atom. The van der Waals surface area contributed by atoms with E-state index >= 15 is 0 Å². The molecule has 2 aromatic carbocycles. The zero-order valence-electron chi connectivity index (χ0n) is 16.1. The highest BCUT2D eigenvalue weighted by Gasteiger charge is 2.08. The van der Waals surface area contributed by atoms with Crippen LogP contribution in [0.2, 0.25) is 0 Å². The fourth-order valence-electron chi connectivity index (χ4n) is 2.37. The maximum absolute atomic E-state index is 13.1. The summed E-state index contributed by atoms with van der Waals surface area (Å²) >= 11 is 0. The van der Waals surface area contributed by atoms with Crippen LogP contribution in [0.25, 0.3) is 0 Å². The molecule has 0 unspecified atom stereocenters. The molecule has 0 bridgehead atoms. The van der Waals surface area contributed by atoms with Crippen molar-refractivity contribution in [3.05, 3.63) is 65.5 Å². The molecule has 0 heterocycles. The Balaban J connectivity index is 1.81. The zero-order valence-corrected chi connectivity index (χ0v) is 16.1. The summed E-state index contributed by atoms with van der Waals surface area (Å²) < 4.78 is 13.1. The van der Waals surface area contributed by atoms with Crippen molar-refractivity contribution in [3.8, 4) is 0 Å². The molecule has 0 saturated heterocycles. The van der Waals surface area contributed by atoms with Crippen molar-refractivity contribution in [2.24, 2.45) is 4.99 Å². The number of hydrogen-bond acceptors (Lipinski definition) is 3. The van der Waals surface area contributed by atoms with Crippen LogP contribution < -0.4 is 16.0 Å². The average Bonchev–Trinajstić information content (AvgIpc) is 2.68. The van der Waals surface area contributed by atoms with Gasteiger partial charge >= 0.3 is 0 Å². The Morgan fingerprint density at radius 1 is 1.07 bits per heavy atom. The molecule has 8 heteroatoms. The van der Waals surface area contributed by atoms with Crippen molar-refractivity contribution in [1.29, 1.82) is 0 Å². The number of carbonyl (C=O) groups excluding carboxylic acids is 2. The maximum atomic E-state index is 13.1. The molecule has 28 heavy (non-hydrogen) atoms. The Labute approximate surface area is 163 Å². The average molecular weight is 385 g/mol. The normalized spacial score (nSPS) is 10.9. The Kier molecular flexibility index (Phi) is 7.50. The van der Waals surface area contributed by atoms with Crippen LogP contribution in [0.1, 0.15) is 15.9 Å². The van der Waals surface area contributed by atoms with Gasteiger partial charge in [0, 0.05) is 38.9 Å². The van der Waals surface area contributed by atoms with Crippen LogP contribution in [-0.4, -0.2) is 50.4 Å². The number of anilines is 1. The molecule has 2 aromatic rings. The lowest BCUT2D eigenvalue weighted by Gasteiger charge is -2.13. The number of nitrogens with zero attached hydrogens (tertiary/aromatic N) is 2. The molecule has 0 saturated carbocycles. The van der Waals surface area contributed by atoms with E-state index in [-0.39, 0.29) is 18.4 Å². The van der Waals surface area contributed by atoms with E-state index < -0.39 is 5.82 Å². The van der Waals surface area contributed by atoms with Crippen LogP contribution in [0.3, 0.4) is 0 Å². The standard InChI is InChI=1S/C20H24FN5O2/c1-22-20(24-13-18(27)25-17-6-4-5-16(21)11-17)23-12-14-7-9-15(10-8-14)19(28)26(2)3/h4-11H,12-13H2,1-3H3,(H,25,27)(H2,22,23,24). The van der Waals surface area contributed by atoms with Gasteiger partial charge in [-0.15, -0.1) is 0 Å². The molecule has 0 aliphatic heterocycles. The van der Waals surface area contributed by atoms with Crippen molar-refractivity contribution in [2.45, 2.75) is 6.54 Å². The molecule has 7 nitrogen and oxygen atoms in total. The van der Waals surface area contributed by atoms with E-state index in [1.165, 1.54) is 23.1 Å². The second-order valence-electron chi connectivity index (χ2n) is 6.23. The summed E-state index contributed by atoms with van der Waals surface area (Å²) in [5.74, 6) is -0.342. The van der Waals surface area contributed by atoms with Crippen molar-refractivity contribution in [2.75, 3.05) is 33.0 Å². The van der Waals surface area contributed by atoms with Crippen LogP contribution in [0.4, 0.5) is 10.1 Å². The van der Waals surface area contributed by atoms with Crippen molar-refractivity contribution >= 4 is 23.5 Å². The number of aliphatic imine (C=N–C) groups is 1. The lowest BCUT2D eigenvalue weighted by Crippen LogP contribution is -2.41. The van der Waals surface area contributed by atoms with Gasteiger partial charge in [-0.1, -0.05) is 18.2 Å². The molecule has 0 aliphatic rings. The molecule has 2 rings (SSSR count). The van der Waals surface area contributed by atoms with E-state index in [4.69, 9.17) is 0 Å². The second-order valence-corrected chi connectivity index (χ2v) is 6.23. The number of guanidine groups is 1. The molecule has 0 atom stereocenters. The number of rotatable bonds is 6. The minimum atomic E-state index is -0.415. The fraction of sp³-hybridized carbons (Fsp3) is 0.250. The van der Waals surface area contributed by atoms with Crippen LogP contribution >= 0.6 is 0 Å². The minimum absolute atomic E-state index is 0.0214. The quantitative estimate of drug-likeness (QED) is 0.523. The van der Waals surface area contributed by atoms with Gasteiger partial charge in [-0.05, 0) is 35.9 Å². The van der Waals surface area contributed by atoms with Crippen molar-refractivity contribution in [3.63, 3.8) is 0 Å². The first-order chi connectivity index (χ1) is 13.4. The topological polar surface area (TPSA) is 85.8 Å². The first-order valence-electron chi connectivity index (χ1n) is 8.69. The SMILES string of the molecule is CN=C(NCC(=O)Nc1cccc(F)c1)NCc1ccc(C(=O)N(C)C)cc1. The van der Waals surface area contributed by atoms with Gasteiger partial charge in [-0.25, -0.2) is 4.39 Å². The predicted molar refractivity (Wildman–Crippen MR) is 108 cm³/mol. The molecule has 0 radical (unpaired) electrons. The largest absolute Gasteiger partial charge is 0.352 e. The first kappa shape index (κ1) is 20.9. The van der Waals surface area contributed by atoms with E-state index in [9.17, 15) is 14.0 Å². The van der Waals surface area contributed by atoms with E-state index in [1.54, 1.807) is 39.3 Å². The highest BCUT2D eigenvalue weighted by atomic mass is 19.1. The summed E-state index contributed by atoms with van der Waals surface area (Å²) in [6.07, 6.45) is 0. The van der Waals surface area contributed by atoms with Crippen LogP contribution in [0.15, 0.2) is 53.5 Å². The number of hydrogen-bond donors (Lipinski definition) is 3. The molecular formula is C20H24FN5O2. The summed E-state index contributed by atoms with van der Waals surface area (Å²) in [7, 11) is 5.01. The smallest absolute Gasteiger partial charge is 0.253 e. The summed E-state index contributed by atoms with van der Waals surface area (Å²) in [5.41, 5.74) is 1.97. The Hall–Kier alpha value is -3.42. The summed E-state index contributed by atoms with van der Waals surface area (Å²) in [6, 6.07) is 12.9. The third-order valence-corrected chi connectivity index (χ3v) is 3.82. The number of carbonyl (C=O) groups is 2. The first-order valence-corrected chi connectivity index (χ1v) is 8.69.